The topological polar surface area (TPSA) is 98.8 Å². The van der Waals surface area contributed by atoms with Gasteiger partial charge in [-0.2, -0.15) is 4.68 Å². The Morgan fingerprint density at radius 2 is 2.00 bits per heavy atom. The van der Waals surface area contributed by atoms with E-state index in [-0.39, 0.29) is 11.7 Å². The summed E-state index contributed by atoms with van der Waals surface area (Å²) < 4.78 is 1.61. The summed E-state index contributed by atoms with van der Waals surface area (Å²) in [5, 5.41) is 26.1. The van der Waals surface area contributed by atoms with Gasteiger partial charge in [-0.3, -0.25) is 10.1 Å². The summed E-state index contributed by atoms with van der Waals surface area (Å²) >= 11 is 0. The summed E-state index contributed by atoms with van der Waals surface area (Å²) in [7, 11) is 0. The van der Waals surface area contributed by atoms with E-state index in [0.717, 1.165) is 16.8 Å². The molecule has 4 rings (SSSR count). The first kappa shape index (κ1) is 15.9. The van der Waals surface area contributed by atoms with Gasteiger partial charge in [-0.15, -0.1) is 0 Å². The molecule has 0 bridgehead atoms. The van der Waals surface area contributed by atoms with Crippen molar-refractivity contribution in [3.63, 3.8) is 0 Å². The maximum atomic E-state index is 11.1. The van der Waals surface area contributed by atoms with Crippen LogP contribution in [0.15, 0.2) is 48.5 Å². The standard InChI is InChI=1S/C18H16N6O2/c1-11-6-7-13(8-12(11)2)16-10-17(23-18(19-16)20-21-22-23)14-4-3-5-15(9-14)24(25)26/h3-10,17H,1-2H3,(H,19,20,22)/t17-/m0/s1. The number of nitrogens with one attached hydrogen (secondary N) is 1. The number of hydrogen-bond acceptors (Lipinski definition) is 6. The molecule has 26 heavy (non-hydrogen) atoms. The molecule has 0 saturated heterocycles. The van der Waals surface area contributed by atoms with Gasteiger partial charge < -0.3 is 5.32 Å². The second kappa shape index (κ2) is 6.07. The first-order valence-corrected chi connectivity index (χ1v) is 8.11. The van der Waals surface area contributed by atoms with Crippen molar-refractivity contribution in [1.29, 1.82) is 0 Å². The number of nitrogens with zero attached hydrogens (tertiary/aromatic N) is 5. The van der Waals surface area contributed by atoms with E-state index in [1.54, 1.807) is 16.8 Å². The second-order valence-electron chi connectivity index (χ2n) is 6.25. The zero-order chi connectivity index (χ0) is 18.3. The number of anilines is 1. The summed E-state index contributed by atoms with van der Waals surface area (Å²) in [5.74, 6) is 0.497. The summed E-state index contributed by atoms with van der Waals surface area (Å²) in [4.78, 5) is 10.7. The van der Waals surface area contributed by atoms with E-state index in [1.165, 1.54) is 17.2 Å². The lowest BCUT2D eigenvalue weighted by molar-refractivity contribution is -0.384. The van der Waals surface area contributed by atoms with Crippen molar-refractivity contribution in [2.24, 2.45) is 0 Å². The van der Waals surface area contributed by atoms with E-state index in [9.17, 15) is 10.1 Å². The molecule has 1 atom stereocenters. The molecule has 1 aromatic heterocycles. The Morgan fingerprint density at radius 1 is 1.15 bits per heavy atom. The number of rotatable bonds is 3. The molecule has 0 unspecified atom stereocenters. The molecule has 2 heterocycles. The van der Waals surface area contributed by atoms with Crippen LogP contribution in [0.4, 0.5) is 11.6 Å². The number of non-ortho nitro benzene ring substituents is 1. The molecule has 130 valence electrons. The van der Waals surface area contributed by atoms with Crippen LogP contribution in [0.3, 0.4) is 0 Å². The maximum Gasteiger partial charge on any atom is 0.269 e. The van der Waals surface area contributed by atoms with E-state index in [4.69, 9.17) is 0 Å². The molecular formula is C18H16N6O2. The molecule has 0 saturated carbocycles. The Hall–Kier alpha value is -3.55. The van der Waals surface area contributed by atoms with Gasteiger partial charge in [-0.1, -0.05) is 29.4 Å². The lowest BCUT2D eigenvalue weighted by atomic mass is 9.99. The van der Waals surface area contributed by atoms with Crippen LogP contribution in [0.25, 0.3) is 5.70 Å². The number of allylic oxidation sites excluding steroid dienone is 1. The molecule has 1 N–H and O–H groups in total. The van der Waals surface area contributed by atoms with E-state index >= 15 is 0 Å². The number of nitro groups is 1. The average Bonchev–Trinajstić information content (AvgIpc) is 3.12. The van der Waals surface area contributed by atoms with Crippen molar-refractivity contribution in [2.45, 2.75) is 19.9 Å². The highest BCUT2D eigenvalue weighted by atomic mass is 16.6. The van der Waals surface area contributed by atoms with E-state index in [0.29, 0.717) is 5.95 Å². The van der Waals surface area contributed by atoms with Gasteiger partial charge in [0, 0.05) is 17.8 Å². The zero-order valence-electron chi connectivity index (χ0n) is 14.2. The predicted octanol–water partition coefficient (Wildman–Crippen LogP) is 3.25. The van der Waals surface area contributed by atoms with Crippen LogP contribution in [0, 0.1) is 24.0 Å². The molecule has 0 radical (unpaired) electrons. The maximum absolute atomic E-state index is 11.1. The summed E-state index contributed by atoms with van der Waals surface area (Å²) in [5.41, 5.74) is 5.06. The van der Waals surface area contributed by atoms with Crippen LogP contribution in [-0.4, -0.2) is 25.1 Å². The fourth-order valence-corrected chi connectivity index (χ4v) is 2.99. The third kappa shape index (κ3) is 2.71. The Bertz CT molecular complexity index is 1040. The van der Waals surface area contributed by atoms with Crippen molar-refractivity contribution >= 4 is 17.3 Å². The van der Waals surface area contributed by atoms with Gasteiger partial charge in [-0.25, -0.2) is 0 Å². The quantitative estimate of drug-likeness (QED) is 0.576. The lowest BCUT2D eigenvalue weighted by Gasteiger charge is -2.23. The smallest absolute Gasteiger partial charge is 0.269 e. The van der Waals surface area contributed by atoms with Crippen LogP contribution >= 0.6 is 0 Å². The van der Waals surface area contributed by atoms with E-state index in [2.05, 4.69) is 46.8 Å². The van der Waals surface area contributed by atoms with Gasteiger partial charge in [0.25, 0.3) is 5.69 Å². The highest BCUT2D eigenvalue weighted by molar-refractivity contribution is 5.77. The number of nitro benzene ring substituents is 1. The molecule has 8 nitrogen and oxygen atoms in total. The third-order valence-electron chi connectivity index (χ3n) is 4.57. The highest BCUT2D eigenvalue weighted by Gasteiger charge is 2.25. The summed E-state index contributed by atoms with van der Waals surface area (Å²) in [6.45, 7) is 4.12. The Morgan fingerprint density at radius 3 is 2.77 bits per heavy atom. The number of hydrogen-bond donors (Lipinski definition) is 1. The van der Waals surface area contributed by atoms with Gasteiger partial charge in [0.05, 0.1) is 4.92 Å². The third-order valence-corrected chi connectivity index (χ3v) is 4.57. The van der Waals surface area contributed by atoms with Gasteiger partial charge >= 0.3 is 0 Å². The molecule has 0 amide bonds. The SMILES string of the molecule is Cc1ccc(C2=C[C@@H](c3cccc([N+](=O)[O-])c3)n3nnnc3N2)cc1C. The van der Waals surface area contributed by atoms with Crippen LogP contribution in [-0.2, 0) is 0 Å². The minimum absolute atomic E-state index is 0.0387. The molecule has 0 fully saturated rings. The molecule has 8 heteroatoms. The Labute approximate surface area is 149 Å². The van der Waals surface area contributed by atoms with Crippen molar-refractivity contribution in [1.82, 2.24) is 20.2 Å². The Kier molecular flexibility index (Phi) is 3.72. The molecule has 1 aliphatic heterocycles. The molecular weight excluding hydrogens is 332 g/mol. The molecule has 3 aromatic rings. The highest BCUT2D eigenvalue weighted by Crippen LogP contribution is 2.33. The number of aryl methyl sites for hydroxylation is 2. The number of aromatic nitrogens is 4. The summed E-state index contributed by atoms with van der Waals surface area (Å²) in [6, 6.07) is 12.4. The van der Waals surface area contributed by atoms with Crippen molar-refractivity contribution < 1.29 is 4.92 Å². The minimum Gasteiger partial charge on any atom is -0.323 e. The van der Waals surface area contributed by atoms with Gasteiger partial charge in [0.2, 0.25) is 5.95 Å². The number of tetrazole rings is 1. The van der Waals surface area contributed by atoms with Crippen LogP contribution in [0.1, 0.15) is 28.3 Å². The zero-order valence-corrected chi connectivity index (χ0v) is 14.2. The fourth-order valence-electron chi connectivity index (χ4n) is 2.99. The molecule has 1 aliphatic rings. The van der Waals surface area contributed by atoms with Crippen LogP contribution in [0.5, 0.6) is 0 Å². The van der Waals surface area contributed by atoms with Gasteiger partial charge in [0.1, 0.15) is 6.04 Å². The van der Waals surface area contributed by atoms with E-state index < -0.39 is 4.92 Å². The molecule has 0 aliphatic carbocycles. The largest absolute Gasteiger partial charge is 0.323 e. The lowest BCUT2D eigenvalue weighted by Crippen LogP contribution is -2.20. The summed E-state index contributed by atoms with van der Waals surface area (Å²) in [6.07, 6.45) is 1.98. The first-order chi connectivity index (χ1) is 12.5. The first-order valence-electron chi connectivity index (χ1n) is 8.11. The van der Waals surface area contributed by atoms with Crippen molar-refractivity contribution in [3.8, 4) is 0 Å². The monoisotopic (exact) mass is 348 g/mol. The molecule has 0 spiro atoms. The van der Waals surface area contributed by atoms with Crippen molar-refractivity contribution in [2.75, 3.05) is 5.32 Å². The van der Waals surface area contributed by atoms with Crippen molar-refractivity contribution in [3.05, 3.63) is 80.9 Å². The van der Waals surface area contributed by atoms with Crippen LogP contribution < -0.4 is 5.32 Å². The normalized spacial score (nSPS) is 15.8. The minimum atomic E-state index is -0.404. The number of fused-ring (bicyclic) bond motifs is 1. The van der Waals surface area contributed by atoms with E-state index in [1.807, 2.05) is 18.2 Å². The van der Waals surface area contributed by atoms with Gasteiger partial charge in [-0.05, 0) is 58.7 Å². The number of benzene rings is 2. The average molecular weight is 348 g/mol. The molecule has 2 aromatic carbocycles. The van der Waals surface area contributed by atoms with Crippen LogP contribution in [0.2, 0.25) is 0 Å². The Balaban J connectivity index is 1.82. The van der Waals surface area contributed by atoms with Gasteiger partial charge in [0.15, 0.2) is 0 Å². The predicted molar refractivity (Wildman–Crippen MR) is 96.6 cm³/mol. The second-order valence-corrected chi connectivity index (χ2v) is 6.25. The fraction of sp³-hybridized carbons (Fsp3) is 0.167.